The predicted octanol–water partition coefficient (Wildman–Crippen LogP) is 5.27. The van der Waals surface area contributed by atoms with Crippen molar-refractivity contribution in [2.45, 2.75) is 36.8 Å². The molecule has 0 saturated carbocycles. The van der Waals surface area contributed by atoms with E-state index in [9.17, 15) is 4.79 Å². The van der Waals surface area contributed by atoms with E-state index in [4.69, 9.17) is 11.6 Å². The molecule has 0 saturated heterocycles. The Morgan fingerprint density at radius 2 is 1.76 bits per heavy atom. The Labute approximate surface area is 207 Å². The maximum absolute atomic E-state index is 12.9. The van der Waals surface area contributed by atoms with Crippen LogP contribution in [0.5, 0.6) is 0 Å². The summed E-state index contributed by atoms with van der Waals surface area (Å²) in [6.45, 7) is 6.43. The van der Waals surface area contributed by atoms with Gasteiger partial charge in [0.1, 0.15) is 0 Å². The Morgan fingerprint density at radius 3 is 2.42 bits per heavy atom. The van der Waals surface area contributed by atoms with Crippen LogP contribution in [0.4, 0.5) is 5.69 Å². The number of amides is 1. The van der Waals surface area contributed by atoms with Gasteiger partial charge in [0.05, 0.1) is 12.1 Å². The number of carbonyl (C=O) groups excluding carboxylic acids is 1. The number of rotatable bonds is 7. The van der Waals surface area contributed by atoms with Crippen LogP contribution in [-0.4, -0.2) is 16.5 Å². The number of nitrogens with two attached hydrogens (primary N) is 2. The number of nitrogens with zero attached hydrogens (tertiary/aromatic N) is 1. The molecule has 8 heteroatoms. The number of hydrogen-bond donors (Lipinski definition) is 4. The highest BCUT2D eigenvalue weighted by atomic mass is 79.9. The molecule has 0 aromatic heterocycles. The topological polar surface area (TPSA) is 106 Å². The Bertz CT molecular complexity index is 1160. The molecule has 0 aliphatic heterocycles. The maximum atomic E-state index is 12.9. The molecular formula is C25H28BrN5OS. The SMILES string of the molecule is CC(C)(C)Sc1ccc(-c2ccccc2/C(N)=N/NN)cc1NC(=O)Cc1ccc(Br)cc1. The van der Waals surface area contributed by atoms with Crippen LogP contribution in [0.2, 0.25) is 0 Å². The molecule has 0 aliphatic carbocycles. The van der Waals surface area contributed by atoms with Gasteiger partial charge in [0.25, 0.3) is 0 Å². The first-order chi connectivity index (χ1) is 15.7. The summed E-state index contributed by atoms with van der Waals surface area (Å²) in [7, 11) is 0. The van der Waals surface area contributed by atoms with Gasteiger partial charge in [0, 0.05) is 19.7 Å². The van der Waals surface area contributed by atoms with Crippen LogP contribution in [0.15, 0.2) is 81.2 Å². The zero-order chi connectivity index (χ0) is 24.0. The van der Waals surface area contributed by atoms with Gasteiger partial charge < -0.3 is 11.1 Å². The fourth-order valence-electron chi connectivity index (χ4n) is 3.28. The van der Waals surface area contributed by atoms with Crippen LogP contribution in [0, 0.1) is 0 Å². The lowest BCUT2D eigenvalue weighted by Gasteiger charge is -2.21. The minimum atomic E-state index is -0.0769. The van der Waals surface area contributed by atoms with Crippen molar-refractivity contribution in [2.75, 3.05) is 5.32 Å². The van der Waals surface area contributed by atoms with Gasteiger partial charge in [-0.2, -0.15) is 0 Å². The van der Waals surface area contributed by atoms with Crippen molar-refractivity contribution in [1.29, 1.82) is 0 Å². The van der Waals surface area contributed by atoms with E-state index in [1.54, 1.807) is 11.8 Å². The third kappa shape index (κ3) is 7.08. The summed E-state index contributed by atoms with van der Waals surface area (Å²) in [6.07, 6.45) is 0.287. The highest BCUT2D eigenvalue weighted by Gasteiger charge is 2.18. The second kappa shape index (κ2) is 10.9. The summed E-state index contributed by atoms with van der Waals surface area (Å²) in [4.78, 5) is 13.9. The van der Waals surface area contributed by atoms with Gasteiger partial charge in [-0.1, -0.05) is 79.2 Å². The molecule has 0 atom stereocenters. The van der Waals surface area contributed by atoms with Gasteiger partial charge in [0.2, 0.25) is 5.91 Å². The predicted molar refractivity (Wildman–Crippen MR) is 142 cm³/mol. The molecule has 0 aliphatic rings. The lowest BCUT2D eigenvalue weighted by Crippen LogP contribution is -2.23. The molecule has 33 heavy (non-hydrogen) atoms. The first-order valence-corrected chi connectivity index (χ1v) is 12.0. The van der Waals surface area contributed by atoms with E-state index >= 15 is 0 Å². The lowest BCUT2D eigenvalue weighted by molar-refractivity contribution is -0.115. The smallest absolute Gasteiger partial charge is 0.228 e. The fourth-order valence-corrected chi connectivity index (χ4v) is 4.56. The van der Waals surface area contributed by atoms with E-state index in [-0.39, 0.29) is 22.9 Å². The normalized spacial score (nSPS) is 11.8. The van der Waals surface area contributed by atoms with Gasteiger partial charge in [-0.3, -0.25) is 4.79 Å². The summed E-state index contributed by atoms with van der Waals surface area (Å²) < 4.78 is 0.962. The number of amidine groups is 1. The number of hydrazone groups is 1. The lowest BCUT2D eigenvalue weighted by atomic mass is 9.98. The van der Waals surface area contributed by atoms with Crippen molar-refractivity contribution < 1.29 is 4.79 Å². The van der Waals surface area contributed by atoms with Crippen LogP contribution in [-0.2, 0) is 11.2 Å². The second-order valence-electron chi connectivity index (χ2n) is 8.45. The summed E-state index contributed by atoms with van der Waals surface area (Å²) in [5.74, 6) is 5.52. The van der Waals surface area contributed by atoms with Gasteiger partial charge in [-0.15, -0.1) is 16.9 Å². The molecule has 6 nitrogen and oxygen atoms in total. The van der Waals surface area contributed by atoms with E-state index < -0.39 is 0 Å². The standard InChI is InChI=1S/C25H28BrN5OS/c1-25(2,3)33-22-13-10-17(19-6-4-5-7-20(19)24(27)30-31-28)15-21(22)29-23(32)14-16-8-11-18(26)12-9-16/h4-13,15,31H,14,28H2,1-3H3,(H2,27,30)(H,29,32). The van der Waals surface area contributed by atoms with Crippen molar-refractivity contribution in [1.82, 2.24) is 5.53 Å². The van der Waals surface area contributed by atoms with Gasteiger partial charge >= 0.3 is 0 Å². The van der Waals surface area contributed by atoms with E-state index in [2.05, 4.69) is 52.7 Å². The van der Waals surface area contributed by atoms with Gasteiger partial charge in [0.15, 0.2) is 5.84 Å². The van der Waals surface area contributed by atoms with Crippen LogP contribution in [0.25, 0.3) is 11.1 Å². The van der Waals surface area contributed by atoms with Gasteiger partial charge in [-0.05, 0) is 41.0 Å². The number of hydrogen-bond acceptors (Lipinski definition) is 5. The zero-order valence-electron chi connectivity index (χ0n) is 18.9. The number of halogens is 1. The van der Waals surface area contributed by atoms with Crippen molar-refractivity contribution in [3.8, 4) is 11.1 Å². The van der Waals surface area contributed by atoms with Gasteiger partial charge in [-0.25, -0.2) is 11.4 Å². The highest BCUT2D eigenvalue weighted by Crippen LogP contribution is 2.39. The van der Waals surface area contributed by atoms with Crippen molar-refractivity contribution in [3.63, 3.8) is 0 Å². The van der Waals surface area contributed by atoms with Crippen LogP contribution >= 0.6 is 27.7 Å². The summed E-state index contributed by atoms with van der Waals surface area (Å²) >= 11 is 5.13. The van der Waals surface area contributed by atoms with Crippen molar-refractivity contribution in [2.24, 2.45) is 16.7 Å². The fraction of sp³-hybridized carbons (Fsp3) is 0.200. The second-order valence-corrected chi connectivity index (χ2v) is 11.2. The summed E-state index contributed by atoms with van der Waals surface area (Å²) in [6, 6.07) is 21.5. The minimum Gasteiger partial charge on any atom is -0.382 e. The first kappa shape index (κ1) is 24.8. The molecule has 0 unspecified atom stereocenters. The number of thioether (sulfide) groups is 1. The number of hydrazine groups is 1. The molecule has 3 aromatic carbocycles. The first-order valence-electron chi connectivity index (χ1n) is 10.4. The number of carbonyl (C=O) groups is 1. The molecule has 0 fully saturated rings. The highest BCUT2D eigenvalue weighted by molar-refractivity contribution is 9.10. The van der Waals surface area contributed by atoms with Crippen LogP contribution < -0.4 is 22.4 Å². The zero-order valence-corrected chi connectivity index (χ0v) is 21.3. The number of benzene rings is 3. The van der Waals surface area contributed by atoms with E-state index in [0.717, 1.165) is 37.3 Å². The molecule has 3 rings (SSSR count). The Hall–Kier alpha value is -2.81. The molecule has 1 amide bonds. The van der Waals surface area contributed by atoms with Crippen LogP contribution in [0.3, 0.4) is 0 Å². The molecule has 0 bridgehead atoms. The molecule has 6 N–H and O–H groups in total. The molecule has 0 spiro atoms. The minimum absolute atomic E-state index is 0.0194. The Balaban J connectivity index is 1.97. The largest absolute Gasteiger partial charge is 0.382 e. The molecule has 3 aromatic rings. The molecule has 172 valence electrons. The maximum Gasteiger partial charge on any atom is 0.228 e. The third-order valence-electron chi connectivity index (χ3n) is 4.65. The molecule has 0 radical (unpaired) electrons. The number of anilines is 1. The molecule has 0 heterocycles. The Kier molecular flexibility index (Phi) is 8.18. The monoisotopic (exact) mass is 525 g/mol. The molecular weight excluding hydrogens is 498 g/mol. The summed E-state index contributed by atoms with van der Waals surface area (Å²) in [5.41, 5.74) is 12.6. The summed E-state index contributed by atoms with van der Waals surface area (Å²) in [5, 5.41) is 7.03. The Morgan fingerprint density at radius 1 is 1.06 bits per heavy atom. The van der Waals surface area contributed by atoms with E-state index in [1.165, 1.54) is 0 Å². The van der Waals surface area contributed by atoms with E-state index in [0.29, 0.717) is 0 Å². The average molecular weight is 527 g/mol. The van der Waals surface area contributed by atoms with Crippen molar-refractivity contribution >= 4 is 45.1 Å². The average Bonchev–Trinajstić information content (AvgIpc) is 2.76. The van der Waals surface area contributed by atoms with Crippen LogP contribution in [0.1, 0.15) is 31.9 Å². The quantitative estimate of drug-likeness (QED) is 0.110. The number of nitrogens with one attached hydrogen (secondary N) is 2. The van der Waals surface area contributed by atoms with Crippen molar-refractivity contribution in [3.05, 3.63) is 82.3 Å². The van der Waals surface area contributed by atoms with E-state index in [1.807, 2.05) is 66.7 Å². The third-order valence-corrected chi connectivity index (χ3v) is 6.36.